The van der Waals surface area contributed by atoms with Gasteiger partial charge in [0.2, 0.25) is 0 Å². The number of amides is 1. The van der Waals surface area contributed by atoms with E-state index in [4.69, 9.17) is 5.11 Å². The number of carbonyl (C=O) groups is 2. The Kier molecular flexibility index (Phi) is 4.64. The molecule has 2 heterocycles. The van der Waals surface area contributed by atoms with Gasteiger partial charge in [0.25, 0.3) is 5.91 Å². The zero-order valence-electron chi connectivity index (χ0n) is 13.7. The number of carboxylic acid groups (broad SMARTS) is 1. The van der Waals surface area contributed by atoms with Gasteiger partial charge in [0.05, 0.1) is 5.56 Å². The zero-order chi connectivity index (χ0) is 17.1. The fraction of sp³-hybridized carbons (Fsp3) is 0.389. The Morgan fingerprint density at radius 1 is 1.33 bits per heavy atom. The molecule has 1 fully saturated rings. The molecular weight excluding hydrogens is 306 g/mol. The minimum atomic E-state index is -0.925. The fourth-order valence-corrected chi connectivity index (χ4v) is 3.17. The molecule has 1 amide bonds. The van der Waals surface area contributed by atoms with E-state index in [1.807, 2.05) is 24.1 Å². The number of carbonyl (C=O) groups excluding carboxylic acids is 1. The first-order chi connectivity index (χ1) is 11.6. The van der Waals surface area contributed by atoms with Crippen molar-refractivity contribution in [3.63, 3.8) is 0 Å². The highest BCUT2D eigenvalue weighted by Crippen LogP contribution is 2.28. The van der Waals surface area contributed by atoms with Crippen molar-refractivity contribution in [2.45, 2.75) is 32.2 Å². The topological polar surface area (TPSA) is 75.4 Å². The fourth-order valence-electron chi connectivity index (χ4n) is 3.17. The van der Waals surface area contributed by atoms with Gasteiger partial charge in [-0.15, -0.1) is 0 Å². The van der Waals surface area contributed by atoms with Gasteiger partial charge in [-0.1, -0.05) is 12.1 Å². The Morgan fingerprint density at radius 3 is 2.88 bits per heavy atom. The number of benzene rings is 1. The van der Waals surface area contributed by atoms with Gasteiger partial charge in [0.1, 0.15) is 5.69 Å². The molecule has 0 radical (unpaired) electrons. The highest BCUT2D eigenvalue weighted by Gasteiger charge is 2.27. The summed E-state index contributed by atoms with van der Waals surface area (Å²) in [5.41, 5.74) is 1.74. The summed E-state index contributed by atoms with van der Waals surface area (Å²) in [6.07, 6.45) is 3.67. The van der Waals surface area contributed by atoms with E-state index in [1.165, 1.54) is 0 Å². The number of aromatic nitrogens is 2. The van der Waals surface area contributed by atoms with Crippen LogP contribution in [-0.2, 0) is 6.54 Å². The van der Waals surface area contributed by atoms with Crippen molar-refractivity contribution in [3.05, 3.63) is 53.3 Å². The number of carboxylic acids is 1. The van der Waals surface area contributed by atoms with Gasteiger partial charge >= 0.3 is 5.97 Å². The molecule has 3 rings (SSSR count). The maximum atomic E-state index is 12.6. The van der Waals surface area contributed by atoms with Crippen LogP contribution in [0, 0.1) is 0 Å². The van der Waals surface area contributed by atoms with Crippen molar-refractivity contribution in [2.75, 3.05) is 13.1 Å². The summed E-state index contributed by atoms with van der Waals surface area (Å²) in [4.78, 5) is 25.6. The summed E-state index contributed by atoms with van der Waals surface area (Å²) in [6, 6.07) is 8.77. The third-order valence-electron chi connectivity index (χ3n) is 4.50. The van der Waals surface area contributed by atoms with Crippen LogP contribution < -0.4 is 0 Å². The lowest BCUT2D eigenvalue weighted by molar-refractivity contribution is 0.0685. The molecule has 1 atom stereocenters. The van der Waals surface area contributed by atoms with Crippen molar-refractivity contribution >= 4 is 11.9 Å². The first kappa shape index (κ1) is 16.2. The first-order valence-electron chi connectivity index (χ1n) is 8.24. The highest BCUT2D eigenvalue weighted by atomic mass is 16.4. The van der Waals surface area contributed by atoms with Crippen molar-refractivity contribution in [1.29, 1.82) is 0 Å². The maximum Gasteiger partial charge on any atom is 0.335 e. The molecule has 1 aromatic carbocycles. The highest BCUT2D eigenvalue weighted by molar-refractivity contribution is 5.92. The van der Waals surface area contributed by atoms with Crippen LogP contribution in [0.1, 0.15) is 52.1 Å². The average molecular weight is 327 g/mol. The largest absolute Gasteiger partial charge is 0.478 e. The number of hydrogen-bond donors (Lipinski definition) is 1. The number of hydrogen-bond acceptors (Lipinski definition) is 3. The van der Waals surface area contributed by atoms with E-state index in [2.05, 4.69) is 5.10 Å². The molecule has 6 heteroatoms. The Hall–Kier alpha value is -2.63. The number of likely N-dealkylation sites (tertiary alicyclic amines) is 1. The summed E-state index contributed by atoms with van der Waals surface area (Å²) < 4.78 is 1.74. The Balaban J connectivity index is 1.75. The lowest BCUT2D eigenvalue weighted by atomic mass is 9.89. The molecule has 0 saturated carbocycles. The van der Waals surface area contributed by atoms with Crippen LogP contribution in [0.25, 0.3) is 0 Å². The van der Waals surface area contributed by atoms with Crippen LogP contribution in [0.4, 0.5) is 0 Å². The second kappa shape index (κ2) is 6.86. The molecule has 0 spiro atoms. The van der Waals surface area contributed by atoms with Gasteiger partial charge in [-0.2, -0.15) is 5.10 Å². The molecule has 6 nitrogen and oxygen atoms in total. The summed E-state index contributed by atoms with van der Waals surface area (Å²) >= 11 is 0. The van der Waals surface area contributed by atoms with Gasteiger partial charge in [-0.3, -0.25) is 9.48 Å². The molecule has 24 heavy (non-hydrogen) atoms. The van der Waals surface area contributed by atoms with Crippen molar-refractivity contribution in [1.82, 2.24) is 14.7 Å². The quantitative estimate of drug-likeness (QED) is 0.936. The Morgan fingerprint density at radius 2 is 2.17 bits per heavy atom. The molecule has 1 N–H and O–H groups in total. The Bertz CT molecular complexity index is 753. The monoisotopic (exact) mass is 327 g/mol. The van der Waals surface area contributed by atoms with Crippen LogP contribution in [0.5, 0.6) is 0 Å². The third-order valence-corrected chi connectivity index (χ3v) is 4.50. The summed E-state index contributed by atoms with van der Waals surface area (Å²) in [7, 11) is 0. The van der Waals surface area contributed by atoms with Gasteiger partial charge < -0.3 is 10.0 Å². The molecular formula is C18H21N3O3. The van der Waals surface area contributed by atoms with E-state index in [-0.39, 0.29) is 17.4 Å². The second-order valence-electron chi connectivity index (χ2n) is 6.08. The predicted octanol–water partition coefficient (Wildman–Crippen LogP) is 2.62. The molecule has 1 saturated heterocycles. The van der Waals surface area contributed by atoms with Crippen LogP contribution >= 0.6 is 0 Å². The SMILES string of the molecule is CCn1ccc(C(=O)N2CCC[C@H](c3cccc(C(=O)O)c3)C2)n1. The molecule has 126 valence electrons. The molecule has 0 unspecified atom stereocenters. The predicted molar refractivity (Wildman–Crippen MR) is 89.2 cm³/mol. The normalized spacial score (nSPS) is 17.7. The van der Waals surface area contributed by atoms with Crippen LogP contribution in [0.3, 0.4) is 0 Å². The van der Waals surface area contributed by atoms with E-state index in [1.54, 1.807) is 28.9 Å². The van der Waals surface area contributed by atoms with E-state index in [9.17, 15) is 9.59 Å². The first-order valence-corrected chi connectivity index (χ1v) is 8.24. The minimum Gasteiger partial charge on any atom is -0.478 e. The molecule has 1 aliphatic rings. The molecule has 1 aromatic heterocycles. The van der Waals surface area contributed by atoms with E-state index in [0.29, 0.717) is 18.8 Å². The maximum absolute atomic E-state index is 12.6. The van der Waals surface area contributed by atoms with Crippen LogP contribution in [0.2, 0.25) is 0 Å². The number of rotatable bonds is 4. The number of aromatic carboxylic acids is 1. The van der Waals surface area contributed by atoms with E-state index < -0.39 is 5.97 Å². The van der Waals surface area contributed by atoms with Gasteiger partial charge in [0.15, 0.2) is 0 Å². The zero-order valence-corrected chi connectivity index (χ0v) is 13.7. The number of nitrogens with zero attached hydrogens (tertiary/aromatic N) is 3. The van der Waals surface area contributed by atoms with Crippen molar-refractivity contribution in [3.8, 4) is 0 Å². The van der Waals surface area contributed by atoms with Crippen molar-refractivity contribution < 1.29 is 14.7 Å². The van der Waals surface area contributed by atoms with Gasteiger partial charge in [-0.25, -0.2) is 4.79 Å². The van der Waals surface area contributed by atoms with Crippen molar-refractivity contribution in [2.24, 2.45) is 0 Å². The lowest BCUT2D eigenvalue weighted by Gasteiger charge is -2.32. The molecule has 0 bridgehead atoms. The van der Waals surface area contributed by atoms with E-state index in [0.717, 1.165) is 24.9 Å². The summed E-state index contributed by atoms with van der Waals surface area (Å²) in [6.45, 7) is 4.03. The van der Waals surface area contributed by atoms with E-state index >= 15 is 0 Å². The minimum absolute atomic E-state index is 0.0544. The van der Waals surface area contributed by atoms with Gasteiger partial charge in [0, 0.05) is 31.7 Å². The smallest absolute Gasteiger partial charge is 0.335 e. The second-order valence-corrected chi connectivity index (χ2v) is 6.08. The molecule has 0 aliphatic carbocycles. The standard InChI is InChI=1S/C18H21N3O3/c1-2-21-10-8-16(19-21)17(22)20-9-4-7-15(12-20)13-5-3-6-14(11-13)18(23)24/h3,5-6,8,10-11,15H,2,4,7,9,12H2,1H3,(H,23,24)/t15-/m0/s1. The molecule has 1 aliphatic heterocycles. The third kappa shape index (κ3) is 3.32. The average Bonchev–Trinajstić information content (AvgIpc) is 3.10. The Labute approximate surface area is 140 Å². The summed E-state index contributed by atoms with van der Waals surface area (Å²) in [5, 5.41) is 13.4. The summed E-state index contributed by atoms with van der Waals surface area (Å²) in [5.74, 6) is -0.817. The number of aryl methyl sites for hydroxylation is 1. The van der Waals surface area contributed by atoms with Gasteiger partial charge in [-0.05, 0) is 43.5 Å². The lowest BCUT2D eigenvalue weighted by Crippen LogP contribution is -2.39. The molecule has 2 aromatic rings. The number of piperidine rings is 1. The van der Waals surface area contributed by atoms with Crippen LogP contribution in [-0.4, -0.2) is 44.8 Å². The van der Waals surface area contributed by atoms with Crippen LogP contribution in [0.15, 0.2) is 36.5 Å².